The van der Waals surface area contributed by atoms with E-state index in [1.165, 1.54) is 17.4 Å². The first-order valence-electron chi connectivity index (χ1n) is 21.3. The number of ether oxygens (including phenoxy) is 2. The van der Waals surface area contributed by atoms with Gasteiger partial charge in [-0.25, -0.2) is 4.79 Å². The molecule has 1 aliphatic heterocycles. The van der Waals surface area contributed by atoms with Crippen LogP contribution in [-0.4, -0.2) is 114 Å². The number of alkyl halides is 1. The highest BCUT2D eigenvalue weighted by Gasteiger charge is 2.25. The van der Waals surface area contributed by atoms with Gasteiger partial charge in [0.25, 0.3) is 0 Å². The molecule has 0 aliphatic carbocycles. The third kappa shape index (κ3) is 19.6. The molecule has 6 N–H and O–H groups in total. The summed E-state index contributed by atoms with van der Waals surface area (Å²) >= 11 is 23.8. The van der Waals surface area contributed by atoms with Crippen LogP contribution in [0.25, 0.3) is 5.69 Å². The maximum absolute atomic E-state index is 12.5. The van der Waals surface area contributed by atoms with E-state index in [1.54, 1.807) is 22.6 Å². The van der Waals surface area contributed by atoms with Crippen molar-refractivity contribution in [3.05, 3.63) is 73.1 Å². The molecule has 0 radical (unpaired) electrons. The number of methoxy groups -OCH3 is 1. The van der Waals surface area contributed by atoms with Gasteiger partial charge in [-0.05, 0) is 96.0 Å². The summed E-state index contributed by atoms with van der Waals surface area (Å²) < 4.78 is 24.2. The number of para-hydroxylation sites is 1. The molecule has 18 nitrogen and oxygen atoms in total. The van der Waals surface area contributed by atoms with Crippen molar-refractivity contribution >= 4 is 83.2 Å². The van der Waals surface area contributed by atoms with Crippen LogP contribution in [0.5, 0.6) is 5.75 Å². The monoisotopic (exact) mass is 1030 g/mol. The highest BCUT2D eigenvalue weighted by Crippen LogP contribution is 2.36. The lowest BCUT2D eigenvalue weighted by atomic mass is 10.0. The predicted molar refractivity (Wildman–Crippen MR) is 268 cm³/mol. The average molecular weight is 1030 g/mol. The lowest BCUT2D eigenvalue weighted by Gasteiger charge is -2.31. The van der Waals surface area contributed by atoms with Crippen LogP contribution in [0.4, 0.5) is 17.6 Å². The van der Waals surface area contributed by atoms with E-state index >= 15 is 0 Å². The van der Waals surface area contributed by atoms with Crippen LogP contribution in [-0.2, 0) is 38.3 Å². The first-order valence-corrected chi connectivity index (χ1v) is 25.3. The van der Waals surface area contributed by atoms with Crippen molar-refractivity contribution in [1.82, 2.24) is 29.3 Å². The fraction of sp³-hybridized carbons (Fsp3) is 0.523. The number of halogens is 4. The van der Waals surface area contributed by atoms with Gasteiger partial charge in [0.05, 0.1) is 34.1 Å². The molecule has 0 fully saturated rings. The van der Waals surface area contributed by atoms with Crippen molar-refractivity contribution in [3.8, 4) is 23.8 Å². The van der Waals surface area contributed by atoms with Gasteiger partial charge in [-0.15, -0.1) is 23.1 Å². The van der Waals surface area contributed by atoms with Crippen LogP contribution in [0.3, 0.4) is 0 Å². The van der Waals surface area contributed by atoms with E-state index in [4.69, 9.17) is 78.0 Å². The zero-order valence-electron chi connectivity index (χ0n) is 39.4. The number of fused-ring (bicyclic) bond motifs is 1. The number of carboxylic acids is 1. The van der Waals surface area contributed by atoms with Crippen LogP contribution in [0, 0.1) is 19.3 Å². The summed E-state index contributed by atoms with van der Waals surface area (Å²) in [7, 11) is -1.47. The van der Waals surface area contributed by atoms with Gasteiger partial charge in [0.15, 0.2) is 7.37 Å². The van der Waals surface area contributed by atoms with Crippen LogP contribution in [0.1, 0.15) is 77.8 Å². The number of aliphatic carboxylic acids is 1. The van der Waals surface area contributed by atoms with E-state index in [-0.39, 0.29) is 53.5 Å². The Balaban J connectivity index is 0.000000316. The molecule has 0 bridgehead atoms. The molecule has 3 unspecified atom stereocenters. The fourth-order valence-corrected chi connectivity index (χ4v) is 7.83. The fourth-order valence-electron chi connectivity index (χ4n) is 6.27. The Morgan fingerprint density at radius 1 is 1.10 bits per heavy atom. The minimum atomic E-state index is -3.10. The number of anilines is 3. The van der Waals surface area contributed by atoms with Crippen molar-refractivity contribution in [2.45, 2.75) is 105 Å². The zero-order valence-corrected chi connectivity index (χ0v) is 43.3. The van der Waals surface area contributed by atoms with Crippen LogP contribution >= 0.6 is 53.8 Å². The number of aromatic nitrogens is 6. The standard InChI is InChI=1S/C15H13Cl2N3O2.C15H22ClNO2.C9H16ClN5.C5H12NO4P/c1-2-7-22-13-9-12(10(16)8-11(13)17)20-15(21)19-6-4-3-5-14(19)18-20;1-5-13-8-6-7-11(2)15(13)17(14(18)9-16)12(3)10-19-4;1-5-11-7-12-6(10)13-8(14-7)15-9(2,3)4;1-11(9,10)3-2-4(6)5(7)8/h1,8-9H,3-7H2;6-8,12H,5,9-10H2,1-4H3;5H2,1-4H3,(H2,11,12,13,14,15);4H,2-3,6H2,1H3,(H,7,8)(H,9,10). The number of rotatable bonds is 16. The van der Waals surface area contributed by atoms with E-state index in [0.717, 1.165) is 54.9 Å². The Bertz CT molecular complexity index is 2400. The average Bonchev–Trinajstić information content (AvgIpc) is 3.58. The van der Waals surface area contributed by atoms with E-state index in [2.05, 4.69) is 49.6 Å². The van der Waals surface area contributed by atoms with Gasteiger partial charge in [-0.3, -0.25) is 18.7 Å². The number of terminal acetylenes is 1. The van der Waals surface area contributed by atoms with Crippen molar-refractivity contribution in [2.24, 2.45) is 5.73 Å². The molecule has 23 heteroatoms. The molecule has 2 aromatic heterocycles. The van der Waals surface area contributed by atoms with E-state index < -0.39 is 19.4 Å². The second-order valence-electron chi connectivity index (χ2n) is 16.2. The molecule has 370 valence electrons. The molecule has 5 rings (SSSR count). The van der Waals surface area contributed by atoms with Gasteiger partial charge in [-0.1, -0.05) is 54.2 Å². The van der Waals surface area contributed by atoms with Gasteiger partial charge >= 0.3 is 11.7 Å². The first kappa shape index (κ1) is 58.7. The number of aryl methyl sites for hydroxylation is 3. The van der Waals surface area contributed by atoms with Gasteiger partial charge in [-0.2, -0.15) is 19.6 Å². The number of benzene rings is 2. The highest BCUT2D eigenvalue weighted by molar-refractivity contribution is 7.57. The molecule has 3 heterocycles. The minimum absolute atomic E-state index is 0.0223. The van der Waals surface area contributed by atoms with Crippen LogP contribution in [0.15, 0.2) is 35.1 Å². The lowest BCUT2D eigenvalue weighted by Crippen LogP contribution is -2.43. The number of amides is 1. The third-order valence-electron chi connectivity index (χ3n) is 9.29. The summed E-state index contributed by atoms with van der Waals surface area (Å²) in [4.78, 5) is 57.4. The Hall–Kier alpha value is -4.44. The number of nitrogens with zero attached hydrogens (tertiary/aromatic N) is 7. The number of carboxylic acid groups (broad SMARTS) is 1. The normalized spacial score (nSPS) is 13.5. The largest absolute Gasteiger partial charge is 0.480 e. The summed E-state index contributed by atoms with van der Waals surface area (Å²) in [5, 5.41) is 19.6. The SMILES string of the molecule is C#CCOc1cc(-n2nc3n(c2=O)CCCC3)c(Cl)cc1Cl.CCNc1nc(Cl)nc(NC(C)(C)C)n1.CCc1cccc(C)c1N(C(=O)CCl)C(C)COC.CP(=O)(O)CCC(N)C(=O)O. The maximum atomic E-state index is 12.5. The summed E-state index contributed by atoms with van der Waals surface area (Å²) in [6.45, 7) is 17.3. The van der Waals surface area contributed by atoms with Crippen molar-refractivity contribution in [1.29, 1.82) is 0 Å². The quantitative estimate of drug-likeness (QED) is 0.0410. The Morgan fingerprint density at radius 3 is 2.33 bits per heavy atom. The summed E-state index contributed by atoms with van der Waals surface area (Å²) in [6.07, 6.45) is 8.85. The van der Waals surface area contributed by atoms with Gasteiger partial charge in [0.1, 0.15) is 30.1 Å². The molecular formula is C44H63Cl4N10O8P. The molecule has 4 aromatic rings. The molecule has 0 spiro atoms. The lowest BCUT2D eigenvalue weighted by molar-refractivity contribution is -0.138. The zero-order chi connectivity index (χ0) is 50.6. The number of hydrogen-bond acceptors (Lipinski definition) is 13. The second-order valence-corrected chi connectivity index (χ2v) is 20.2. The summed E-state index contributed by atoms with van der Waals surface area (Å²) in [6, 6.07) is 8.12. The van der Waals surface area contributed by atoms with Crippen molar-refractivity contribution in [3.63, 3.8) is 0 Å². The number of nitrogens with two attached hydrogens (primary N) is 1. The predicted octanol–water partition coefficient (Wildman–Crippen LogP) is 7.71. The summed E-state index contributed by atoms with van der Waals surface area (Å²) in [5.74, 6) is 3.23. The van der Waals surface area contributed by atoms with Crippen molar-refractivity contribution < 1.29 is 33.6 Å². The van der Waals surface area contributed by atoms with Crippen molar-refractivity contribution in [2.75, 3.05) is 61.1 Å². The molecule has 0 saturated heterocycles. The number of carbonyl (C=O) groups excluding carboxylic acids is 1. The van der Waals surface area contributed by atoms with Gasteiger partial charge in [0, 0.05) is 51.1 Å². The molecule has 1 aliphatic rings. The van der Waals surface area contributed by atoms with E-state index in [0.29, 0.717) is 46.5 Å². The number of carbonyl (C=O) groups is 2. The van der Waals surface area contributed by atoms with E-state index in [9.17, 15) is 18.9 Å². The Labute approximate surface area is 412 Å². The second kappa shape index (κ2) is 28.1. The highest BCUT2D eigenvalue weighted by atomic mass is 35.5. The Morgan fingerprint density at radius 2 is 1.78 bits per heavy atom. The topological polar surface area (TPSA) is 242 Å². The molecule has 67 heavy (non-hydrogen) atoms. The Kier molecular flexibility index (Phi) is 24.7. The maximum Gasteiger partial charge on any atom is 0.350 e. The first-order chi connectivity index (χ1) is 31.4. The molecule has 2 aromatic carbocycles. The number of nitrogens with one attached hydrogen (secondary N) is 2. The van der Waals surface area contributed by atoms with Crippen LogP contribution in [0.2, 0.25) is 15.3 Å². The molecule has 3 atom stereocenters. The number of hydrogen-bond donors (Lipinski definition) is 5. The van der Waals surface area contributed by atoms with Gasteiger partial charge in [0.2, 0.25) is 23.1 Å². The minimum Gasteiger partial charge on any atom is -0.480 e. The molecule has 1 amide bonds. The smallest absolute Gasteiger partial charge is 0.350 e. The van der Waals surface area contributed by atoms with E-state index in [1.807, 2.05) is 53.7 Å². The van der Waals surface area contributed by atoms with Gasteiger partial charge < -0.3 is 40.7 Å². The third-order valence-corrected chi connectivity index (χ3v) is 11.4. The summed E-state index contributed by atoms with van der Waals surface area (Å²) in [5.41, 5.74) is 8.43. The molecular weight excluding hydrogens is 969 g/mol. The van der Waals surface area contributed by atoms with Crippen LogP contribution < -0.4 is 31.7 Å². The molecule has 0 saturated carbocycles.